The number of carboxylic acid groups (broad SMARTS) is 1. The van der Waals surface area contributed by atoms with E-state index in [9.17, 15) is 27.5 Å². The van der Waals surface area contributed by atoms with Crippen LogP contribution in [0.5, 0.6) is 0 Å². The third-order valence-electron chi connectivity index (χ3n) is 6.08. The predicted molar refractivity (Wildman–Crippen MR) is 130 cm³/mol. The SMILES string of the molecule is CC1(CS(=O)(=O)C(CCn2nnc3ccccc3c2=O)C(=O)O)C=CC(c2cccc(F)c2)=CC1. The van der Waals surface area contributed by atoms with Gasteiger partial charge in [-0.3, -0.25) is 9.59 Å². The molecule has 0 spiro atoms. The average molecular weight is 498 g/mol. The van der Waals surface area contributed by atoms with Gasteiger partial charge in [-0.25, -0.2) is 17.5 Å². The summed E-state index contributed by atoms with van der Waals surface area (Å²) < 4.78 is 40.8. The number of allylic oxidation sites excluding steroid dienone is 4. The molecule has 2 aromatic carbocycles. The first kappa shape index (κ1) is 24.5. The normalized spacial score (nSPS) is 18.9. The molecule has 182 valence electrons. The maximum Gasteiger partial charge on any atom is 0.321 e. The number of rotatable bonds is 8. The second-order valence-corrected chi connectivity index (χ2v) is 11.1. The van der Waals surface area contributed by atoms with E-state index in [0.717, 1.165) is 10.3 Å². The van der Waals surface area contributed by atoms with Crippen LogP contribution in [0.25, 0.3) is 16.5 Å². The van der Waals surface area contributed by atoms with Gasteiger partial charge in [0.05, 0.1) is 11.1 Å². The Hall–Kier alpha value is -3.66. The van der Waals surface area contributed by atoms with Crippen LogP contribution in [0.3, 0.4) is 0 Å². The van der Waals surface area contributed by atoms with Gasteiger partial charge in [0.1, 0.15) is 11.3 Å². The fourth-order valence-electron chi connectivity index (χ4n) is 4.19. The summed E-state index contributed by atoms with van der Waals surface area (Å²) in [7, 11) is -4.10. The number of carbonyl (C=O) groups is 1. The number of hydrogen-bond donors (Lipinski definition) is 1. The largest absolute Gasteiger partial charge is 0.480 e. The number of benzene rings is 2. The Bertz CT molecular complexity index is 1510. The van der Waals surface area contributed by atoms with Crippen molar-refractivity contribution in [3.05, 3.63) is 88.5 Å². The molecule has 0 fully saturated rings. The topological polar surface area (TPSA) is 119 Å². The minimum Gasteiger partial charge on any atom is -0.480 e. The van der Waals surface area contributed by atoms with Gasteiger partial charge in [0, 0.05) is 12.0 Å². The average Bonchev–Trinajstić information content (AvgIpc) is 2.80. The van der Waals surface area contributed by atoms with Gasteiger partial charge in [0.25, 0.3) is 5.56 Å². The molecule has 3 aromatic rings. The number of aliphatic carboxylic acids is 1. The third-order valence-corrected chi connectivity index (χ3v) is 8.45. The van der Waals surface area contributed by atoms with E-state index in [0.29, 0.717) is 22.9 Å². The number of fused-ring (bicyclic) bond motifs is 1. The van der Waals surface area contributed by atoms with E-state index in [4.69, 9.17) is 0 Å². The molecule has 1 heterocycles. The maximum atomic E-state index is 13.5. The Morgan fingerprint density at radius 1 is 1.23 bits per heavy atom. The lowest BCUT2D eigenvalue weighted by molar-refractivity contribution is -0.136. The molecule has 0 saturated carbocycles. The lowest BCUT2D eigenvalue weighted by Crippen LogP contribution is -2.39. The lowest BCUT2D eigenvalue weighted by atomic mass is 9.82. The smallest absolute Gasteiger partial charge is 0.321 e. The van der Waals surface area contributed by atoms with E-state index in [1.807, 2.05) is 6.08 Å². The van der Waals surface area contributed by atoms with Crippen molar-refractivity contribution in [3.8, 4) is 0 Å². The van der Waals surface area contributed by atoms with Crippen molar-refractivity contribution in [1.29, 1.82) is 0 Å². The number of sulfone groups is 1. The molecule has 1 aliphatic rings. The molecule has 1 N–H and O–H groups in total. The van der Waals surface area contributed by atoms with Gasteiger partial charge in [-0.05, 0) is 48.2 Å². The lowest BCUT2D eigenvalue weighted by Gasteiger charge is -2.29. The van der Waals surface area contributed by atoms with Gasteiger partial charge < -0.3 is 5.11 Å². The highest BCUT2D eigenvalue weighted by molar-refractivity contribution is 7.92. The zero-order chi connectivity index (χ0) is 25.2. The van der Waals surface area contributed by atoms with E-state index in [-0.39, 0.29) is 18.8 Å². The molecule has 0 aliphatic heterocycles. The molecule has 10 heteroatoms. The summed E-state index contributed by atoms with van der Waals surface area (Å²) in [6.07, 6.45) is 5.30. The second kappa shape index (κ2) is 9.53. The third kappa shape index (κ3) is 5.37. The first-order chi connectivity index (χ1) is 16.6. The Kier molecular flexibility index (Phi) is 6.66. The van der Waals surface area contributed by atoms with Crippen LogP contribution < -0.4 is 5.56 Å². The van der Waals surface area contributed by atoms with Crippen LogP contribution in [0.1, 0.15) is 25.3 Å². The first-order valence-corrected chi connectivity index (χ1v) is 12.7. The van der Waals surface area contributed by atoms with Crippen molar-refractivity contribution >= 4 is 32.3 Å². The highest BCUT2D eigenvalue weighted by Gasteiger charge is 2.38. The monoisotopic (exact) mass is 497 g/mol. The van der Waals surface area contributed by atoms with E-state index in [2.05, 4.69) is 10.3 Å². The van der Waals surface area contributed by atoms with Gasteiger partial charge in [-0.15, -0.1) is 5.10 Å². The van der Waals surface area contributed by atoms with Crippen molar-refractivity contribution < 1.29 is 22.7 Å². The van der Waals surface area contributed by atoms with Crippen LogP contribution >= 0.6 is 0 Å². The van der Waals surface area contributed by atoms with Crippen LogP contribution in [0.4, 0.5) is 4.39 Å². The van der Waals surface area contributed by atoms with Crippen molar-refractivity contribution in [1.82, 2.24) is 15.0 Å². The molecule has 8 nitrogen and oxygen atoms in total. The summed E-state index contributed by atoms with van der Waals surface area (Å²) in [5, 5.41) is 16.1. The van der Waals surface area contributed by atoms with Crippen LogP contribution in [-0.2, 0) is 21.2 Å². The Morgan fingerprint density at radius 2 is 2.00 bits per heavy atom. The molecule has 1 aliphatic carbocycles. The van der Waals surface area contributed by atoms with Gasteiger partial charge in [0.15, 0.2) is 15.1 Å². The number of halogens is 1. The molecule has 0 amide bonds. The maximum absolute atomic E-state index is 13.5. The van der Waals surface area contributed by atoms with Gasteiger partial charge in [0.2, 0.25) is 0 Å². The van der Waals surface area contributed by atoms with Crippen LogP contribution in [0, 0.1) is 11.2 Å². The van der Waals surface area contributed by atoms with Crippen LogP contribution in [0.2, 0.25) is 0 Å². The van der Waals surface area contributed by atoms with Crippen LogP contribution in [0.15, 0.2) is 71.6 Å². The summed E-state index contributed by atoms with van der Waals surface area (Å²) >= 11 is 0. The number of aryl methyl sites for hydroxylation is 1. The van der Waals surface area contributed by atoms with E-state index in [1.165, 1.54) is 12.1 Å². The Labute approximate surface area is 201 Å². The molecule has 0 bridgehead atoms. The predicted octanol–water partition coefficient (Wildman–Crippen LogP) is 3.24. The van der Waals surface area contributed by atoms with Crippen molar-refractivity contribution in [2.45, 2.75) is 31.6 Å². The summed E-state index contributed by atoms with van der Waals surface area (Å²) in [6.45, 7) is 1.53. The standard InChI is InChI=1S/C25H24FN3O5S/c1-25(12-9-17(10-13-25)18-5-4-6-19(26)15-18)16-35(33,34)22(24(31)32)11-14-29-23(30)20-7-2-3-8-21(20)27-28-29/h2-10,12,15,22H,11,13-14,16H2,1H3,(H,31,32). The van der Waals surface area contributed by atoms with E-state index >= 15 is 0 Å². The summed E-state index contributed by atoms with van der Waals surface area (Å²) in [5.74, 6) is -2.24. The zero-order valence-electron chi connectivity index (χ0n) is 19.0. The summed E-state index contributed by atoms with van der Waals surface area (Å²) in [6, 6.07) is 12.7. The zero-order valence-corrected chi connectivity index (χ0v) is 19.8. The molecular formula is C25H24FN3O5S. The number of hydrogen-bond acceptors (Lipinski definition) is 6. The number of carboxylic acids is 1. The van der Waals surface area contributed by atoms with Gasteiger partial charge in [-0.1, -0.05) is 54.6 Å². The highest BCUT2D eigenvalue weighted by Crippen LogP contribution is 2.35. The second-order valence-electron chi connectivity index (χ2n) is 8.92. The minimum atomic E-state index is -4.10. The number of aromatic nitrogens is 3. The minimum absolute atomic E-state index is 0.205. The van der Waals surface area contributed by atoms with Gasteiger partial charge in [-0.2, -0.15) is 0 Å². The van der Waals surface area contributed by atoms with Crippen LogP contribution in [-0.4, -0.2) is 45.5 Å². The van der Waals surface area contributed by atoms with E-state index in [1.54, 1.807) is 55.5 Å². The molecule has 35 heavy (non-hydrogen) atoms. The molecule has 4 rings (SSSR count). The molecule has 2 atom stereocenters. The quantitative estimate of drug-likeness (QED) is 0.507. The molecular weight excluding hydrogens is 473 g/mol. The fraction of sp³-hybridized carbons (Fsp3) is 0.280. The summed E-state index contributed by atoms with van der Waals surface area (Å²) in [4.78, 5) is 24.5. The van der Waals surface area contributed by atoms with Crippen molar-refractivity contribution in [2.75, 3.05) is 5.75 Å². The number of nitrogens with zero attached hydrogens (tertiary/aromatic N) is 3. The molecule has 2 unspecified atom stereocenters. The fourth-order valence-corrected chi connectivity index (χ4v) is 6.29. The van der Waals surface area contributed by atoms with Crippen molar-refractivity contribution in [3.63, 3.8) is 0 Å². The Balaban J connectivity index is 1.49. The first-order valence-electron chi connectivity index (χ1n) is 11.0. The van der Waals surface area contributed by atoms with E-state index < -0.39 is 37.8 Å². The Morgan fingerprint density at radius 3 is 2.69 bits per heavy atom. The molecule has 0 radical (unpaired) electrons. The summed E-state index contributed by atoms with van der Waals surface area (Å²) in [5.41, 5.74) is 0.552. The van der Waals surface area contributed by atoms with Gasteiger partial charge >= 0.3 is 5.97 Å². The highest BCUT2D eigenvalue weighted by atomic mass is 32.2. The molecule has 1 aromatic heterocycles. The molecule has 0 saturated heterocycles. The van der Waals surface area contributed by atoms with Crippen molar-refractivity contribution in [2.24, 2.45) is 5.41 Å².